The lowest BCUT2D eigenvalue weighted by Gasteiger charge is -2.03. The van der Waals surface area contributed by atoms with Crippen molar-refractivity contribution in [2.45, 2.75) is 0 Å². The molecule has 0 bridgehead atoms. The van der Waals surface area contributed by atoms with Gasteiger partial charge < -0.3 is 5.21 Å². The number of nitrogens with zero attached hydrogens (tertiary/aromatic N) is 1. The Morgan fingerprint density at radius 1 is 1.07 bits per heavy atom. The average Bonchev–Trinajstić information content (AvgIpc) is 2.18. The van der Waals surface area contributed by atoms with Crippen LogP contribution in [-0.2, 0) is 0 Å². The number of hydrogen-bond donors (Lipinski definition) is 0. The van der Waals surface area contributed by atoms with Crippen molar-refractivity contribution in [2.24, 2.45) is 0 Å². The van der Waals surface area contributed by atoms with Crippen LogP contribution in [0.4, 0.5) is 4.39 Å². The molecule has 1 heterocycles. The molecule has 0 atom stereocenters. The van der Waals surface area contributed by atoms with Crippen molar-refractivity contribution < 1.29 is 9.12 Å². The molecule has 0 radical (unpaired) electrons. The largest absolute Gasteiger partial charge is 0.618 e. The highest BCUT2D eigenvalue weighted by molar-refractivity contribution is 5.55. The lowest BCUT2D eigenvalue weighted by Crippen LogP contribution is -2.27. The van der Waals surface area contributed by atoms with Crippen LogP contribution in [0.15, 0.2) is 48.7 Å². The van der Waals surface area contributed by atoms with Crippen molar-refractivity contribution in [1.29, 1.82) is 0 Å². The summed E-state index contributed by atoms with van der Waals surface area (Å²) < 4.78 is 13.6. The van der Waals surface area contributed by atoms with Gasteiger partial charge in [-0.05, 0) is 24.3 Å². The number of rotatable bonds is 1. The van der Waals surface area contributed by atoms with Gasteiger partial charge in [-0.25, -0.2) is 4.39 Å². The molecule has 1 aromatic carbocycles. The topological polar surface area (TPSA) is 26.9 Å². The lowest BCUT2D eigenvalue weighted by molar-refractivity contribution is -0.593. The van der Waals surface area contributed by atoms with E-state index in [1.807, 2.05) is 0 Å². The van der Waals surface area contributed by atoms with Gasteiger partial charge in [0, 0.05) is 12.1 Å². The lowest BCUT2D eigenvalue weighted by atomic mass is 10.1. The second-order valence-electron chi connectivity index (χ2n) is 2.92. The molecule has 70 valence electrons. The summed E-state index contributed by atoms with van der Waals surface area (Å²) in [7, 11) is 0. The Morgan fingerprint density at radius 2 is 1.93 bits per heavy atom. The van der Waals surface area contributed by atoms with Crippen LogP contribution in [0.3, 0.4) is 0 Å². The van der Waals surface area contributed by atoms with E-state index in [-0.39, 0.29) is 5.82 Å². The van der Waals surface area contributed by atoms with Crippen LogP contribution in [0.1, 0.15) is 0 Å². The molecule has 0 saturated heterocycles. The number of hydrogen-bond acceptors (Lipinski definition) is 1. The second-order valence-corrected chi connectivity index (χ2v) is 2.92. The smallest absolute Gasteiger partial charge is 0.223 e. The molecule has 14 heavy (non-hydrogen) atoms. The second kappa shape index (κ2) is 3.46. The van der Waals surface area contributed by atoms with E-state index < -0.39 is 0 Å². The third-order valence-electron chi connectivity index (χ3n) is 1.94. The highest BCUT2D eigenvalue weighted by Gasteiger charge is 2.06. The van der Waals surface area contributed by atoms with Gasteiger partial charge in [0.2, 0.25) is 5.69 Å². The molecule has 0 aliphatic heterocycles. The third-order valence-corrected chi connectivity index (χ3v) is 1.94. The van der Waals surface area contributed by atoms with Gasteiger partial charge in [0.05, 0.1) is 5.56 Å². The van der Waals surface area contributed by atoms with E-state index in [9.17, 15) is 9.60 Å². The molecule has 0 amide bonds. The van der Waals surface area contributed by atoms with Crippen LogP contribution in [0.25, 0.3) is 11.3 Å². The first kappa shape index (κ1) is 8.69. The molecule has 0 aliphatic rings. The summed E-state index contributed by atoms with van der Waals surface area (Å²) in [6, 6.07) is 11.0. The van der Waals surface area contributed by atoms with Gasteiger partial charge in [-0.3, -0.25) is 0 Å². The maximum Gasteiger partial charge on any atom is 0.223 e. The van der Waals surface area contributed by atoms with Crippen LogP contribution >= 0.6 is 0 Å². The first-order valence-electron chi connectivity index (χ1n) is 4.21. The van der Waals surface area contributed by atoms with Crippen LogP contribution in [0.2, 0.25) is 0 Å². The first-order chi connectivity index (χ1) is 6.77. The maximum absolute atomic E-state index is 12.9. The van der Waals surface area contributed by atoms with Gasteiger partial charge in [0.15, 0.2) is 6.20 Å². The maximum atomic E-state index is 12.9. The summed E-state index contributed by atoms with van der Waals surface area (Å²) in [5.41, 5.74) is 1.03. The van der Waals surface area contributed by atoms with Crippen molar-refractivity contribution in [2.75, 3.05) is 0 Å². The average molecular weight is 189 g/mol. The molecule has 1 aromatic heterocycles. The predicted molar refractivity (Wildman–Crippen MR) is 50.8 cm³/mol. The summed E-state index contributed by atoms with van der Waals surface area (Å²) in [4.78, 5) is 0. The van der Waals surface area contributed by atoms with Crippen LogP contribution < -0.4 is 4.73 Å². The third kappa shape index (κ3) is 1.57. The predicted octanol–water partition coefficient (Wildman–Crippen LogP) is 2.13. The fourth-order valence-electron chi connectivity index (χ4n) is 1.30. The van der Waals surface area contributed by atoms with E-state index in [4.69, 9.17) is 0 Å². The minimum Gasteiger partial charge on any atom is -0.618 e. The molecule has 2 nitrogen and oxygen atoms in total. The Hall–Kier alpha value is -1.90. The number of benzene rings is 1. The van der Waals surface area contributed by atoms with Gasteiger partial charge in [-0.2, -0.15) is 4.73 Å². The Labute approximate surface area is 80.8 Å². The molecule has 2 aromatic rings. The molecule has 0 unspecified atom stereocenters. The van der Waals surface area contributed by atoms with Crippen molar-refractivity contribution in [3.05, 3.63) is 59.7 Å². The summed E-state index contributed by atoms with van der Waals surface area (Å²) in [6.45, 7) is 0. The molecule has 0 saturated carbocycles. The van der Waals surface area contributed by atoms with Crippen molar-refractivity contribution >= 4 is 0 Å². The van der Waals surface area contributed by atoms with E-state index in [1.54, 1.807) is 30.3 Å². The van der Waals surface area contributed by atoms with E-state index in [2.05, 4.69) is 0 Å². The Kier molecular flexibility index (Phi) is 2.14. The molecule has 2 rings (SSSR count). The van der Waals surface area contributed by atoms with Gasteiger partial charge >= 0.3 is 0 Å². The first-order valence-corrected chi connectivity index (χ1v) is 4.21. The van der Waals surface area contributed by atoms with Crippen molar-refractivity contribution in [3.63, 3.8) is 0 Å². The normalized spacial score (nSPS) is 10.1. The Bertz CT molecular complexity index is 457. The summed E-state index contributed by atoms with van der Waals surface area (Å²) in [5, 5.41) is 11.3. The molecular weight excluding hydrogens is 181 g/mol. The minimum absolute atomic E-state index is 0.341. The molecular formula is C11H8FNO. The molecule has 0 spiro atoms. The highest BCUT2D eigenvalue weighted by atomic mass is 19.1. The zero-order valence-electron chi connectivity index (χ0n) is 7.35. The SMILES string of the molecule is [O-][n+]1ccccc1-c1cccc(F)c1. The summed E-state index contributed by atoms with van der Waals surface area (Å²) in [5.74, 6) is -0.341. The van der Waals surface area contributed by atoms with Gasteiger partial charge in [-0.1, -0.05) is 6.07 Å². The minimum atomic E-state index is -0.341. The van der Waals surface area contributed by atoms with Crippen molar-refractivity contribution in [3.8, 4) is 11.3 Å². The standard InChI is InChI=1S/C11H8FNO/c12-10-5-3-4-9(8-10)11-6-1-2-7-13(11)14/h1-8H. The quantitative estimate of drug-likeness (QED) is 0.498. The fraction of sp³-hybridized carbons (Fsp3) is 0. The molecule has 0 fully saturated rings. The van der Waals surface area contributed by atoms with Crippen molar-refractivity contribution in [1.82, 2.24) is 0 Å². The van der Waals surface area contributed by atoms with E-state index >= 15 is 0 Å². The Morgan fingerprint density at radius 3 is 2.64 bits per heavy atom. The van der Waals surface area contributed by atoms with E-state index in [0.717, 1.165) is 4.73 Å². The van der Waals surface area contributed by atoms with Crippen LogP contribution in [-0.4, -0.2) is 0 Å². The zero-order chi connectivity index (χ0) is 9.97. The summed E-state index contributed by atoms with van der Waals surface area (Å²) >= 11 is 0. The van der Waals surface area contributed by atoms with E-state index in [0.29, 0.717) is 11.3 Å². The van der Waals surface area contributed by atoms with Crippen LogP contribution in [0, 0.1) is 11.0 Å². The van der Waals surface area contributed by atoms with E-state index in [1.165, 1.54) is 18.3 Å². The fourth-order valence-corrected chi connectivity index (χ4v) is 1.30. The molecule has 3 heteroatoms. The highest BCUT2D eigenvalue weighted by Crippen LogP contribution is 2.15. The molecule has 0 aliphatic carbocycles. The number of pyridine rings is 1. The van der Waals surface area contributed by atoms with Crippen LogP contribution in [0.5, 0.6) is 0 Å². The van der Waals surface area contributed by atoms with Gasteiger partial charge in [0.25, 0.3) is 0 Å². The number of halogens is 1. The zero-order valence-corrected chi connectivity index (χ0v) is 7.35. The summed E-state index contributed by atoms with van der Waals surface area (Å²) in [6.07, 6.45) is 1.39. The Balaban J connectivity index is 2.55. The molecule has 0 N–H and O–H groups in total. The van der Waals surface area contributed by atoms with Gasteiger partial charge in [0.1, 0.15) is 5.82 Å². The van der Waals surface area contributed by atoms with Gasteiger partial charge in [-0.15, -0.1) is 0 Å². The number of aromatic nitrogens is 1. The monoisotopic (exact) mass is 189 g/mol.